The zero-order valence-electron chi connectivity index (χ0n) is 9.75. The van der Waals surface area contributed by atoms with E-state index in [9.17, 15) is 0 Å². The van der Waals surface area contributed by atoms with E-state index in [0.717, 1.165) is 23.5 Å². The predicted octanol–water partition coefficient (Wildman–Crippen LogP) is 2.30. The van der Waals surface area contributed by atoms with E-state index in [2.05, 4.69) is 24.5 Å². The summed E-state index contributed by atoms with van der Waals surface area (Å²) in [6.07, 6.45) is 5.64. The summed E-state index contributed by atoms with van der Waals surface area (Å²) < 4.78 is 0. The molecule has 0 aromatic carbocycles. The molecule has 2 nitrogen and oxygen atoms in total. The van der Waals surface area contributed by atoms with Gasteiger partial charge in [0, 0.05) is 12.6 Å². The van der Waals surface area contributed by atoms with Crippen LogP contribution in [0.25, 0.3) is 0 Å². The first kappa shape index (κ1) is 11.2. The van der Waals surface area contributed by atoms with E-state index in [1.54, 1.807) is 0 Å². The molecule has 3 heteroatoms. The maximum absolute atomic E-state index is 5.30. The minimum Gasteiger partial charge on any atom is -0.362 e. The highest BCUT2D eigenvalue weighted by Crippen LogP contribution is 2.44. The van der Waals surface area contributed by atoms with Crippen LogP contribution in [0.5, 0.6) is 0 Å². The highest BCUT2D eigenvalue weighted by Gasteiger charge is 2.39. The Labute approximate surface area is 98.2 Å². The summed E-state index contributed by atoms with van der Waals surface area (Å²) in [6, 6.07) is 0.663. The van der Waals surface area contributed by atoms with E-state index in [4.69, 9.17) is 12.2 Å². The van der Waals surface area contributed by atoms with Gasteiger partial charge in [-0.25, -0.2) is 0 Å². The van der Waals surface area contributed by atoms with Crippen molar-refractivity contribution in [2.24, 2.45) is 17.8 Å². The molecule has 0 heterocycles. The molecule has 2 fully saturated rings. The molecule has 0 aliphatic heterocycles. The molecule has 0 aromatic rings. The molecule has 15 heavy (non-hydrogen) atoms. The molecule has 0 aromatic heterocycles. The van der Waals surface area contributed by atoms with Gasteiger partial charge in [0.15, 0.2) is 5.11 Å². The van der Waals surface area contributed by atoms with Gasteiger partial charge in [0.2, 0.25) is 0 Å². The molecule has 2 bridgehead atoms. The van der Waals surface area contributed by atoms with E-state index < -0.39 is 0 Å². The van der Waals surface area contributed by atoms with Gasteiger partial charge >= 0.3 is 0 Å². The molecule has 0 spiro atoms. The number of thiocarbonyl (C=S) groups is 1. The SMILES string of the molecule is CC(C)CNC(=S)N[C@@H]1C[C@@H]2CC[C@@H]1C2. The fourth-order valence-electron chi connectivity index (χ4n) is 2.94. The van der Waals surface area contributed by atoms with E-state index >= 15 is 0 Å². The minimum atomic E-state index is 0.657. The first-order chi connectivity index (χ1) is 7.15. The largest absolute Gasteiger partial charge is 0.362 e. The molecule has 2 saturated carbocycles. The number of fused-ring (bicyclic) bond motifs is 2. The molecule has 3 atom stereocenters. The number of hydrogen-bond donors (Lipinski definition) is 2. The third-order valence-corrected chi connectivity index (χ3v) is 3.99. The molecule has 2 N–H and O–H groups in total. The van der Waals surface area contributed by atoms with Crippen molar-refractivity contribution in [2.45, 2.75) is 45.6 Å². The summed E-state index contributed by atoms with van der Waals surface area (Å²) in [5.41, 5.74) is 0. The van der Waals surface area contributed by atoms with Gasteiger partial charge in [0.25, 0.3) is 0 Å². The van der Waals surface area contributed by atoms with Gasteiger partial charge in [-0.3, -0.25) is 0 Å². The van der Waals surface area contributed by atoms with E-state index in [1.165, 1.54) is 25.7 Å². The lowest BCUT2D eigenvalue weighted by Crippen LogP contribution is -2.45. The maximum Gasteiger partial charge on any atom is 0.166 e. The first-order valence-electron chi connectivity index (χ1n) is 6.19. The topological polar surface area (TPSA) is 24.1 Å². The fourth-order valence-corrected chi connectivity index (χ4v) is 3.17. The van der Waals surface area contributed by atoms with Gasteiger partial charge in [0.1, 0.15) is 0 Å². The van der Waals surface area contributed by atoms with Crippen LogP contribution in [0, 0.1) is 17.8 Å². The van der Waals surface area contributed by atoms with Crippen LogP contribution in [0.15, 0.2) is 0 Å². The van der Waals surface area contributed by atoms with Crippen molar-refractivity contribution in [3.8, 4) is 0 Å². The third-order valence-electron chi connectivity index (χ3n) is 3.73. The number of hydrogen-bond acceptors (Lipinski definition) is 1. The predicted molar refractivity (Wildman–Crippen MR) is 67.8 cm³/mol. The Morgan fingerprint density at radius 3 is 2.67 bits per heavy atom. The molecule has 0 unspecified atom stereocenters. The second-order valence-electron chi connectivity index (χ2n) is 5.53. The van der Waals surface area contributed by atoms with Gasteiger partial charge in [-0.05, 0) is 49.2 Å². The van der Waals surface area contributed by atoms with E-state index in [-0.39, 0.29) is 0 Å². The molecule has 86 valence electrons. The molecule has 2 rings (SSSR count). The van der Waals surface area contributed by atoms with Gasteiger partial charge < -0.3 is 10.6 Å². The molecule has 0 radical (unpaired) electrons. The summed E-state index contributed by atoms with van der Waals surface area (Å²) in [7, 11) is 0. The van der Waals surface area contributed by atoms with Crippen LogP contribution >= 0.6 is 12.2 Å². The van der Waals surface area contributed by atoms with Crippen molar-refractivity contribution in [2.75, 3.05) is 6.54 Å². The van der Waals surface area contributed by atoms with Crippen molar-refractivity contribution in [3.63, 3.8) is 0 Å². The average Bonchev–Trinajstić information content (AvgIpc) is 2.76. The Bertz CT molecular complexity index is 240. The van der Waals surface area contributed by atoms with Crippen molar-refractivity contribution >= 4 is 17.3 Å². The van der Waals surface area contributed by atoms with Crippen LogP contribution in [-0.4, -0.2) is 17.7 Å². The zero-order valence-corrected chi connectivity index (χ0v) is 10.6. The fraction of sp³-hybridized carbons (Fsp3) is 0.917. The van der Waals surface area contributed by atoms with Crippen molar-refractivity contribution in [1.29, 1.82) is 0 Å². The summed E-state index contributed by atoms with van der Waals surface area (Å²) in [5.74, 6) is 2.54. The highest BCUT2D eigenvalue weighted by molar-refractivity contribution is 7.80. The second-order valence-corrected chi connectivity index (χ2v) is 5.94. The molecule has 0 amide bonds. The van der Waals surface area contributed by atoms with Crippen LogP contribution in [-0.2, 0) is 0 Å². The Morgan fingerprint density at radius 1 is 1.33 bits per heavy atom. The highest BCUT2D eigenvalue weighted by atomic mass is 32.1. The summed E-state index contributed by atoms with van der Waals surface area (Å²) >= 11 is 5.30. The Balaban J connectivity index is 1.71. The second kappa shape index (κ2) is 4.69. The van der Waals surface area contributed by atoms with Crippen LogP contribution in [0.4, 0.5) is 0 Å². The number of nitrogens with one attached hydrogen (secondary N) is 2. The number of rotatable bonds is 3. The van der Waals surface area contributed by atoms with Crippen molar-refractivity contribution in [1.82, 2.24) is 10.6 Å². The molecule has 2 aliphatic rings. The lowest BCUT2D eigenvalue weighted by molar-refractivity contribution is 0.388. The molecular weight excluding hydrogens is 204 g/mol. The zero-order chi connectivity index (χ0) is 10.8. The quantitative estimate of drug-likeness (QED) is 0.722. The van der Waals surface area contributed by atoms with Gasteiger partial charge in [0.05, 0.1) is 0 Å². The first-order valence-corrected chi connectivity index (χ1v) is 6.60. The van der Waals surface area contributed by atoms with Crippen molar-refractivity contribution < 1.29 is 0 Å². The average molecular weight is 226 g/mol. The lowest BCUT2D eigenvalue weighted by Gasteiger charge is -2.24. The Morgan fingerprint density at radius 2 is 2.13 bits per heavy atom. The summed E-state index contributed by atoms with van der Waals surface area (Å²) in [6.45, 7) is 5.38. The van der Waals surface area contributed by atoms with Crippen LogP contribution < -0.4 is 10.6 Å². The smallest absolute Gasteiger partial charge is 0.166 e. The summed E-state index contributed by atoms with van der Waals surface area (Å²) in [5, 5.41) is 7.64. The third kappa shape index (κ3) is 2.83. The van der Waals surface area contributed by atoms with Gasteiger partial charge in [-0.15, -0.1) is 0 Å². The normalized spacial score (nSPS) is 33.4. The molecule has 0 saturated heterocycles. The van der Waals surface area contributed by atoms with Crippen LogP contribution in [0.2, 0.25) is 0 Å². The lowest BCUT2D eigenvalue weighted by atomic mass is 9.96. The standard InChI is InChI=1S/C12H22N2S/c1-8(2)7-13-12(15)14-11-6-9-3-4-10(11)5-9/h8-11H,3-7H2,1-2H3,(H2,13,14,15)/t9-,10-,11-/m1/s1. The minimum absolute atomic E-state index is 0.657. The monoisotopic (exact) mass is 226 g/mol. The molecular formula is C12H22N2S. The van der Waals surface area contributed by atoms with Crippen LogP contribution in [0.3, 0.4) is 0 Å². The van der Waals surface area contributed by atoms with E-state index in [0.29, 0.717) is 12.0 Å². The Hall–Kier alpha value is -0.310. The maximum atomic E-state index is 5.30. The Kier molecular flexibility index (Phi) is 3.49. The van der Waals surface area contributed by atoms with Crippen LogP contribution in [0.1, 0.15) is 39.5 Å². The molecule has 2 aliphatic carbocycles. The van der Waals surface area contributed by atoms with Gasteiger partial charge in [-0.2, -0.15) is 0 Å². The van der Waals surface area contributed by atoms with Gasteiger partial charge in [-0.1, -0.05) is 20.3 Å². The van der Waals surface area contributed by atoms with Crippen molar-refractivity contribution in [3.05, 3.63) is 0 Å². The summed E-state index contributed by atoms with van der Waals surface area (Å²) in [4.78, 5) is 0. The van der Waals surface area contributed by atoms with E-state index in [1.807, 2.05) is 0 Å².